The summed E-state index contributed by atoms with van der Waals surface area (Å²) < 4.78 is 33.6. The van der Waals surface area contributed by atoms with Crippen LogP contribution in [-0.2, 0) is 26.1 Å². The van der Waals surface area contributed by atoms with Gasteiger partial charge in [-0.25, -0.2) is 18.0 Å². The Kier molecular flexibility index (Phi) is 7.12. The first-order valence-electron chi connectivity index (χ1n) is 12.5. The lowest BCUT2D eigenvalue weighted by atomic mass is 9.80. The van der Waals surface area contributed by atoms with E-state index in [1.54, 1.807) is 33.8 Å². The van der Waals surface area contributed by atoms with Crippen molar-refractivity contribution in [2.24, 2.45) is 0 Å². The molecule has 0 aliphatic carbocycles. The van der Waals surface area contributed by atoms with Crippen LogP contribution in [0.5, 0.6) is 0 Å². The molecule has 0 saturated heterocycles. The molecule has 1 atom stereocenters. The number of sulfonamides is 1. The van der Waals surface area contributed by atoms with Crippen LogP contribution in [0, 0.1) is 20.8 Å². The van der Waals surface area contributed by atoms with E-state index in [0.29, 0.717) is 44.6 Å². The van der Waals surface area contributed by atoms with Gasteiger partial charge < -0.3 is 14.9 Å². The molecule has 3 aromatic carbocycles. The number of carbonyl (C=O) groups is 2. The molecule has 0 bridgehead atoms. The van der Waals surface area contributed by atoms with Crippen molar-refractivity contribution in [3.05, 3.63) is 75.8 Å². The minimum atomic E-state index is -3.84. The SMILES string of the molecule is Cc1ccc(-c2c(C)c3c(c(C)c2[C@H](OC(C)(C)C)C(=O)O)N(S(C)(=O)=O)Cc2cc(C(=O)O)ccc2-3)cc1. The summed E-state index contributed by atoms with van der Waals surface area (Å²) in [4.78, 5) is 24.4. The zero-order valence-corrected chi connectivity index (χ0v) is 23.9. The first-order chi connectivity index (χ1) is 18.0. The third kappa shape index (κ3) is 5.29. The van der Waals surface area contributed by atoms with Gasteiger partial charge in [0.25, 0.3) is 0 Å². The zero-order chi connectivity index (χ0) is 29.0. The second-order valence-corrected chi connectivity index (χ2v) is 12.9. The van der Waals surface area contributed by atoms with Crippen molar-refractivity contribution >= 4 is 27.6 Å². The van der Waals surface area contributed by atoms with Gasteiger partial charge in [0.05, 0.1) is 29.7 Å². The highest BCUT2D eigenvalue weighted by atomic mass is 32.2. The summed E-state index contributed by atoms with van der Waals surface area (Å²) in [5.74, 6) is -2.30. The van der Waals surface area contributed by atoms with Crippen molar-refractivity contribution in [3.63, 3.8) is 0 Å². The number of rotatable bonds is 6. The molecule has 2 N–H and O–H groups in total. The van der Waals surface area contributed by atoms with Gasteiger partial charge >= 0.3 is 11.9 Å². The van der Waals surface area contributed by atoms with Gasteiger partial charge in [0.2, 0.25) is 10.0 Å². The number of aliphatic carboxylic acids is 1. The van der Waals surface area contributed by atoms with Crippen molar-refractivity contribution in [1.29, 1.82) is 0 Å². The standard InChI is InChI=1S/C30H33NO7S/c1-16-8-10-19(11-9-16)23-17(2)24-22-13-12-20(28(32)33)14-21(22)15-31(39(7,36)37)26(24)18(3)25(23)27(29(34)35)38-30(4,5)6/h8-14,27H,15H2,1-7H3,(H,32,33)(H,34,35)/t27-/m0/s1. The summed E-state index contributed by atoms with van der Waals surface area (Å²) in [5.41, 5.74) is 5.49. The van der Waals surface area contributed by atoms with Crippen LogP contribution >= 0.6 is 0 Å². The Hall–Kier alpha value is -3.69. The second kappa shape index (κ2) is 9.81. The van der Waals surface area contributed by atoms with Crippen molar-refractivity contribution < 1.29 is 33.0 Å². The largest absolute Gasteiger partial charge is 0.479 e. The van der Waals surface area contributed by atoms with Gasteiger partial charge in [-0.1, -0.05) is 35.9 Å². The van der Waals surface area contributed by atoms with Gasteiger partial charge in [0.1, 0.15) is 0 Å². The van der Waals surface area contributed by atoms with E-state index in [-0.39, 0.29) is 12.1 Å². The monoisotopic (exact) mass is 551 g/mol. The predicted molar refractivity (Wildman–Crippen MR) is 151 cm³/mol. The van der Waals surface area contributed by atoms with E-state index in [1.165, 1.54) is 16.4 Å². The number of hydrogen-bond donors (Lipinski definition) is 2. The van der Waals surface area contributed by atoms with Crippen LogP contribution in [0.15, 0.2) is 42.5 Å². The summed E-state index contributed by atoms with van der Waals surface area (Å²) >= 11 is 0. The highest BCUT2D eigenvalue weighted by Gasteiger charge is 2.38. The molecule has 4 rings (SSSR count). The molecule has 1 aliphatic rings. The fraction of sp³-hybridized carbons (Fsp3) is 0.333. The lowest BCUT2D eigenvalue weighted by molar-refractivity contribution is -0.160. The molecule has 3 aromatic rings. The van der Waals surface area contributed by atoms with Crippen molar-refractivity contribution in [3.8, 4) is 22.3 Å². The van der Waals surface area contributed by atoms with E-state index >= 15 is 0 Å². The molecule has 9 heteroatoms. The number of hydrogen-bond acceptors (Lipinski definition) is 5. The molecule has 1 heterocycles. The Morgan fingerprint density at radius 2 is 1.56 bits per heavy atom. The summed E-state index contributed by atoms with van der Waals surface area (Å²) in [5, 5.41) is 19.9. The number of anilines is 1. The van der Waals surface area contributed by atoms with Crippen LogP contribution in [0.1, 0.15) is 65.1 Å². The molecule has 0 saturated carbocycles. The number of ether oxygens (including phenoxy) is 1. The number of nitrogens with zero attached hydrogens (tertiary/aromatic N) is 1. The van der Waals surface area contributed by atoms with Gasteiger partial charge in [-0.3, -0.25) is 4.31 Å². The average Bonchev–Trinajstić information content (AvgIpc) is 2.82. The Morgan fingerprint density at radius 3 is 2.08 bits per heavy atom. The molecule has 0 fully saturated rings. The van der Waals surface area contributed by atoms with Crippen LogP contribution < -0.4 is 4.31 Å². The molecule has 39 heavy (non-hydrogen) atoms. The molecule has 8 nitrogen and oxygen atoms in total. The van der Waals surface area contributed by atoms with Gasteiger partial charge in [-0.05, 0) is 87.1 Å². The maximum atomic E-state index is 13.1. The molecular weight excluding hydrogens is 518 g/mol. The van der Waals surface area contributed by atoms with Crippen LogP contribution in [0.2, 0.25) is 0 Å². The molecule has 0 aromatic heterocycles. The second-order valence-electron chi connectivity index (χ2n) is 11.0. The van der Waals surface area contributed by atoms with Crippen LogP contribution in [0.25, 0.3) is 22.3 Å². The number of carboxylic acid groups (broad SMARTS) is 2. The van der Waals surface area contributed by atoms with Crippen molar-refractivity contribution in [2.45, 2.75) is 59.8 Å². The third-order valence-electron chi connectivity index (χ3n) is 6.90. The minimum Gasteiger partial charge on any atom is -0.479 e. The fourth-order valence-electron chi connectivity index (χ4n) is 5.27. The number of aryl methyl sites for hydroxylation is 1. The average molecular weight is 552 g/mol. The van der Waals surface area contributed by atoms with Gasteiger partial charge in [-0.2, -0.15) is 0 Å². The van der Waals surface area contributed by atoms with Crippen molar-refractivity contribution in [2.75, 3.05) is 10.6 Å². The van der Waals surface area contributed by atoms with Gasteiger partial charge in [0, 0.05) is 11.1 Å². The molecule has 0 radical (unpaired) electrons. The summed E-state index contributed by atoms with van der Waals surface area (Å²) in [6, 6.07) is 12.4. The third-order valence-corrected chi connectivity index (χ3v) is 8.01. The topological polar surface area (TPSA) is 121 Å². The van der Waals surface area contributed by atoms with E-state index in [9.17, 15) is 28.2 Å². The zero-order valence-electron chi connectivity index (χ0n) is 23.1. The molecular formula is C30H33NO7S. The predicted octanol–water partition coefficient (Wildman–Crippen LogP) is 5.86. The highest BCUT2D eigenvalue weighted by molar-refractivity contribution is 7.92. The van der Waals surface area contributed by atoms with E-state index in [4.69, 9.17) is 4.74 Å². The molecule has 206 valence electrons. The summed E-state index contributed by atoms with van der Waals surface area (Å²) in [6.45, 7) is 10.8. The van der Waals surface area contributed by atoms with E-state index in [1.807, 2.05) is 38.1 Å². The summed E-state index contributed by atoms with van der Waals surface area (Å²) in [7, 11) is -3.84. The first kappa shape index (κ1) is 28.3. The normalized spacial score (nSPS) is 14.0. The number of carboxylic acids is 2. The number of benzene rings is 3. The maximum absolute atomic E-state index is 13.1. The highest BCUT2D eigenvalue weighted by Crippen LogP contribution is 2.51. The van der Waals surface area contributed by atoms with E-state index in [2.05, 4.69) is 0 Å². The van der Waals surface area contributed by atoms with Crippen LogP contribution in [0.3, 0.4) is 0 Å². The Labute approximate surface area is 228 Å². The van der Waals surface area contributed by atoms with Crippen LogP contribution in [0.4, 0.5) is 5.69 Å². The fourth-order valence-corrected chi connectivity index (χ4v) is 6.21. The Morgan fingerprint density at radius 1 is 0.949 bits per heavy atom. The minimum absolute atomic E-state index is 0.0555. The Balaban J connectivity index is 2.20. The van der Waals surface area contributed by atoms with Gasteiger partial charge in [0.15, 0.2) is 6.10 Å². The molecule has 1 aliphatic heterocycles. The first-order valence-corrected chi connectivity index (χ1v) is 14.3. The van der Waals surface area contributed by atoms with E-state index in [0.717, 1.165) is 17.4 Å². The van der Waals surface area contributed by atoms with E-state index < -0.39 is 33.7 Å². The smallest absolute Gasteiger partial charge is 0.337 e. The molecule has 0 amide bonds. The lowest BCUT2D eigenvalue weighted by Crippen LogP contribution is -2.35. The quantitative estimate of drug-likeness (QED) is 0.393. The number of aromatic carboxylic acids is 1. The molecule has 0 unspecified atom stereocenters. The lowest BCUT2D eigenvalue weighted by Gasteiger charge is -2.37. The van der Waals surface area contributed by atoms with Crippen LogP contribution in [-0.4, -0.2) is 42.4 Å². The van der Waals surface area contributed by atoms with Gasteiger partial charge in [-0.15, -0.1) is 0 Å². The molecule has 0 spiro atoms. The maximum Gasteiger partial charge on any atom is 0.337 e. The summed E-state index contributed by atoms with van der Waals surface area (Å²) in [6.07, 6.45) is -0.284. The Bertz CT molecular complexity index is 1600. The number of fused-ring (bicyclic) bond motifs is 3. The van der Waals surface area contributed by atoms with Crippen molar-refractivity contribution in [1.82, 2.24) is 0 Å².